The van der Waals surface area contributed by atoms with Gasteiger partial charge in [-0.2, -0.15) is 0 Å². The fraction of sp³-hybridized carbons (Fsp3) is 0.692. The number of aromatic nitrogens is 2. The molecule has 2 heterocycles. The van der Waals surface area contributed by atoms with Crippen LogP contribution in [-0.2, 0) is 0 Å². The van der Waals surface area contributed by atoms with E-state index in [1.54, 1.807) is 6.33 Å². The van der Waals surface area contributed by atoms with Gasteiger partial charge in [0.05, 0.1) is 4.47 Å². The third-order valence-corrected chi connectivity index (χ3v) is 3.87. The van der Waals surface area contributed by atoms with Crippen LogP contribution in [0.15, 0.2) is 17.0 Å². The third kappa shape index (κ3) is 3.42. The number of piperidine rings is 1. The van der Waals surface area contributed by atoms with Crippen molar-refractivity contribution < 1.29 is 0 Å². The van der Waals surface area contributed by atoms with Gasteiger partial charge in [0.1, 0.15) is 12.1 Å². The van der Waals surface area contributed by atoms with Gasteiger partial charge in [0.15, 0.2) is 0 Å². The molecule has 5 heteroatoms. The molecule has 1 aliphatic heterocycles. The van der Waals surface area contributed by atoms with Gasteiger partial charge in [0.25, 0.3) is 0 Å². The lowest BCUT2D eigenvalue weighted by molar-refractivity contribution is 0.418. The zero-order valence-corrected chi connectivity index (χ0v) is 12.7. The first-order chi connectivity index (χ1) is 8.68. The molecule has 0 aromatic carbocycles. The Hall–Kier alpha value is -0.680. The van der Waals surface area contributed by atoms with Crippen molar-refractivity contribution in [2.75, 3.05) is 18.0 Å². The van der Waals surface area contributed by atoms with E-state index in [-0.39, 0.29) is 0 Å². The zero-order chi connectivity index (χ0) is 13.0. The van der Waals surface area contributed by atoms with Crippen molar-refractivity contribution in [2.24, 2.45) is 0 Å². The monoisotopic (exact) mass is 312 g/mol. The summed E-state index contributed by atoms with van der Waals surface area (Å²) in [6.07, 6.45) is 7.24. The largest absolute Gasteiger partial charge is 0.351 e. The Balaban J connectivity index is 2.10. The van der Waals surface area contributed by atoms with E-state index in [4.69, 9.17) is 0 Å². The Morgan fingerprint density at radius 3 is 3.06 bits per heavy atom. The molecule has 1 aromatic rings. The van der Waals surface area contributed by atoms with Crippen LogP contribution in [0.1, 0.15) is 33.1 Å². The summed E-state index contributed by atoms with van der Waals surface area (Å²) >= 11 is 3.55. The quantitative estimate of drug-likeness (QED) is 0.928. The SMILES string of the molecule is CC(C)NCC1CCCCN1c1ncncc1Br. The van der Waals surface area contributed by atoms with Crippen LogP contribution in [0.2, 0.25) is 0 Å². The van der Waals surface area contributed by atoms with Crippen molar-refractivity contribution in [1.29, 1.82) is 0 Å². The molecule has 0 bridgehead atoms. The van der Waals surface area contributed by atoms with E-state index in [1.807, 2.05) is 6.20 Å². The average Bonchev–Trinajstić information content (AvgIpc) is 2.37. The first-order valence-electron chi connectivity index (χ1n) is 6.64. The molecule has 1 atom stereocenters. The molecule has 1 fully saturated rings. The number of rotatable bonds is 4. The Morgan fingerprint density at radius 2 is 2.33 bits per heavy atom. The molecule has 1 aliphatic rings. The lowest BCUT2D eigenvalue weighted by Gasteiger charge is -2.37. The molecule has 1 unspecified atom stereocenters. The van der Waals surface area contributed by atoms with E-state index in [0.717, 1.165) is 23.4 Å². The highest BCUT2D eigenvalue weighted by atomic mass is 79.9. The van der Waals surface area contributed by atoms with E-state index >= 15 is 0 Å². The van der Waals surface area contributed by atoms with Crippen molar-refractivity contribution in [1.82, 2.24) is 15.3 Å². The molecule has 4 nitrogen and oxygen atoms in total. The van der Waals surface area contributed by atoms with E-state index < -0.39 is 0 Å². The molecule has 100 valence electrons. The number of halogens is 1. The highest BCUT2D eigenvalue weighted by Crippen LogP contribution is 2.28. The van der Waals surface area contributed by atoms with Crippen LogP contribution in [0, 0.1) is 0 Å². The molecule has 0 radical (unpaired) electrons. The van der Waals surface area contributed by atoms with E-state index in [1.165, 1.54) is 19.3 Å². The summed E-state index contributed by atoms with van der Waals surface area (Å²) in [4.78, 5) is 10.9. The molecule has 1 N–H and O–H groups in total. The summed E-state index contributed by atoms with van der Waals surface area (Å²) in [5.41, 5.74) is 0. The van der Waals surface area contributed by atoms with E-state index in [2.05, 4.69) is 50.0 Å². The van der Waals surface area contributed by atoms with Crippen molar-refractivity contribution in [3.05, 3.63) is 17.0 Å². The molecule has 18 heavy (non-hydrogen) atoms. The summed E-state index contributed by atoms with van der Waals surface area (Å²) in [7, 11) is 0. The number of nitrogens with zero attached hydrogens (tertiary/aromatic N) is 3. The minimum atomic E-state index is 0.530. The smallest absolute Gasteiger partial charge is 0.146 e. The van der Waals surface area contributed by atoms with E-state index in [9.17, 15) is 0 Å². The highest BCUT2D eigenvalue weighted by molar-refractivity contribution is 9.10. The van der Waals surface area contributed by atoms with Gasteiger partial charge in [-0.15, -0.1) is 0 Å². The van der Waals surface area contributed by atoms with Crippen molar-refractivity contribution in [2.45, 2.75) is 45.2 Å². The van der Waals surface area contributed by atoms with Gasteiger partial charge < -0.3 is 10.2 Å². The zero-order valence-electron chi connectivity index (χ0n) is 11.1. The minimum absolute atomic E-state index is 0.530. The van der Waals surface area contributed by atoms with Crippen molar-refractivity contribution >= 4 is 21.7 Å². The molecular formula is C13H21BrN4. The second-order valence-corrected chi connectivity index (χ2v) is 5.95. The van der Waals surface area contributed by atoms with Crippen LogP contribution >= 0.6 is 15.9 Å². The van der Waals surface area contributed by atoms with Crippen LogP contribution in [0.25, 0.3) is 0 Å². The topological polar surface area (TPSA) is 41.0 Å². The summed E-state index contributed by atoms with van der Waals surface area (Å²) in [5.74, 6) is 1.03. The van der Waals surface area contributed by atoms with Crippen LogP contribution in [0.3, 0.4) is 0 Å². The molecule has 2 rings (SSSR count). The number of hydrogen-bond acceptors (Lipinski definition) is 4. The molecule has 0 amide bonds. The fourth-order valence-electron chi connectivity index (χ4n) is 2.38. The predicted octanol–water partition coefficient (Wildman–Crippen LogP) is 2.60. The standard InChI is InChI=1S/C13H21BrN4/c1-10(2)16-7-11-5-3-4-6-18(11)13-12(14)8-15-9-17-13/h8-11,16H,3-7H2,1-2H3. The first kappa shape index (κ1) is 13.7. The Labute approximate surface area is 117 Å². The lowest BCUT2D eigenvalue weighted by Crippen LogP contribution is -2.47. The number of nitrogens with one attached hydrogen (secondary N) is 1. The highest BCUT2D eigenvalue weighted by Gasteiger charge is 2.24. The first-order valence-corrected chi connectivity index (χ1v) is 7.43. The normalized spacial score (nSPS) is 20.4. The maximum Gasteiger partial charge on any atom is 0.146 e. The summed E-state index contributed by atoms with van der Waals surface area (Å²) in [6.45, 7) is 6.48. The van der Waals surface area contributed by atoms with Crippen LogP contribution in [-0.4, -0.2) is 35.1 Å². The van der Waals surface area contributed by atoms with Gasteiger partial charge in [0, 0.05) is 31.4 Å². The predicted molar refractivity (Wildman–Crippen MR) is 77.9 cm³/mol. The summed E-state index contributed by atoms with van der Waals surface area (Å²) in [6, 6.07) is 1.06. The molecule has 0 aliphatic carbocycles. The lowest BCUT2D eigenvalue weighted by atomic mass is 10.0. The Kier molecular flexibility index (Phi) is 4.95. The van der Waals surface area contributed by atoms with Gasteiger partial charge in [0.2, 0.25) is 0 Å². The second kappa shape index (κ2) is 6.48. The van der Waals surface area contributed by atoms with Gasteiger partial charge in [-0.3, -0.25) is 0 Å². The Bertz CT molecular complexity index is 383. The average molecular weight is 313 g/mol. The second-order valence-electron chi connectivity index (χ2n) is 5.10. The van der Waals surface area contributed by atoms with Crippen LogP contribution in [0.4, 0.5) is 5.82 Å². The van der Waals surface area contributed by atoms with Gasteiger partial charge in [-0.1, -0.05) is 13.8 Å². The number of hydrogen-bond donors (Lipinski definition) is 1. The number of anilines is 1. The summed E-state index contributed by atoms with van der Waals surface area (Å²) in [5, 5.41) is 3.53. The maximum absolute atomic E-state index is 4.42. The van der Waals surface area contributed by atoms with Crippen LogP contribution in [0.5, 0.6) is 0 Å². The molecule has 1 saturated heterocycles. The Morgan fingerprint density at radius 1 is 1.50 bits per heavy atom. The third-order valence-electron chi connectivity index (χ3n) is 3.31. The minimum Gasteiger partial charge on any atom is -0.351 e. The van der Waals surface area contributed by atoms with Gasteiger partial charge in [-0.05, 0) is 35.2 Å². The molecule has 0 saturated carbocycles. The van der Waals surface area contributed by atoms with Gasteiger partial charge in [-0.25, -0.2) is 9.97 Å². The van der Waals surface area contributed by atoms with E-state index in [0.29, 0.717) is 12.1 Å². The maximum atomic E-state index is 4.42. The van der Waals surface area contributed by atoms with Crippen molar-refractivity contribution in [3.8, 4) is 0 Å². The molecule has 0 spiro atoms. The van der Waals surface area contributed by atoms with Crippen LogP contribution < -0.4 is 10.2 Å². The molecular weight excluding hydrogens is 292 g/mol. The summed E-state index contributed by atoms with van der Waals surface area (Å²) < 4.78 is 0.987. The van der Waals surface area contributed by atoms with Gasteiger partial charge >= 0.3 is 0 Å². The van der Waals surface area contributed by atoms with Crippen molar-refractivity contribution in [3.63, 3.8) is 0 Å². The molecule has 1 aromatic heterocycles. The fourth-order valence-corrected chi connectivity index (χ4v) is 2.83.